The van der Waals surface area contributed by atoms with Crippen LogP contribution in [-0.4, -0.2) is 23.7 Å². The van der Waals surface area contributed by atoms with Gasteiger partial charge in [-0.15, -0.1) is 0 Å². The minimum atomic E-state index is -0.238. The number of hydrogen-bond acceptors (Lipinski definition) is 2. The number of aryl methyl sites for hydroxylation is 3. The summed E-state index contributed by atoms with van der Waals surface area (Å²) in [6.07, 6.45) is 5.24. The van der Waals surface area contributed by atoms with Crippen molar-refractivity contribution in [1.29, 1.82) is 0 Å². The van der Waals surface area contributed by atoms with Crippen LogP contribution in [0.15, 0.2) is 18.2 Å². The van der Waals surface area contributed by atoms with Crippen molar-refractivity contribution in [3.63, 3.8) is 0 Å². The molecule has 1 fully saturated rings. The number of hydrogen-bond donors (Lipinski definition) is 2. The van der Waals surface area contributed by atoms with Gasteiger partial charge in [-0.2, -0.15) is 0 Å². The molecule has 21 heavy (non-hydrogen) atoms. The maximum absolute atomic E-state index is 11.9. The van der Waals surface area contributed by atoms with E-state index < -0.39 is 0 Å². The van der Waals surface area contributed by atoms with E-state index in [1.54, 1.807) is 0 Å². The van der Waals surface area contributed by atoms with Crippen LogP contribution < -0.4 is 5.32 Å². The monoisotopic (exact) mass is 289 g/mol. The average molecular weight is 289 g/mol. The van der Waals surface area contributed by atoms with Crippen LogP contribution in [0.3, 0.4) is 0 Å². The van der Waals surface area contributed by atoms with Gasteiger partial charge >= 0.3 is 0 Å². The average Bonchev–Trinajstić information content (AvgIpc) is 2.43. The standard InChI is InChI=1S/C18H27NO2/c1-13-9-14(2)11-15(10-13)7-8-18(21)19-12-16-5-3-4-6-17(16)20/h9-11,16-17,20H,3-8,12H2,1-2H3,(H,19,21). The van der Waals surface area contributed by atoms with Crippen LogP contribution in [0.5, 0.6) is 0 Å². The van der Waals surface area contributed by atoms with Gasteiger partial charge in [0.15, 0.2) is 0 Å². The fourth-order valence-electron chi connectivity index (χ4n) is 3.23. The smallest absolute Gasteiger partial charge is 0.220 e. The first-order chi connectivity index (χ1) is 10.0. The lowest BCUT2D eigenvalue weighted by Gasteiger charge is -2.27. The minimum absolute atomic E-state index is 0.0898. The molecular weight excluding hydrogens is 262 g/mol. The van der Waals surface area contributed by atoms with Gasteiger partial charge < -0.3 is 10.4 Å². The molecule has 0 radical (unpaired) electrons. The van der Waals surface area contributed by atoms with E-state index in [2.05, 4.69) is 37.4 Å². The van der Waals surface area contributed by atoms with Crippen molar-refractivity contribution in [3.05, 3.63) is 34.9 Å². The van der Waals surface area contributed by atoms with E-state index in [0.717, 1.165) is 25.7 Å². The fourth-order valence-corrected chi connectivity index (χ4v) is 3.23. The maximum atomic E-state index is 11.9. The SMILES string of the molecule is Cc1cc(C)cc(CCC(=O)NCC2CCCCC2O)c1. The summed E-state index contributed by atoms with van der Waals surface area (Å²) in [6.45, 7) is 4.79. The predicted octanol–water partition coefficient (Wildman–Crippen LogP) is 2.90. The summed E-state index contributed by atoms with van der Waals surface area (Å²) >= 11 is 0. The van der Waals surface area contributed by atoms with Crippen LogP contribution in [-0.2, 0) is 11.2 Å². The van der Waals surface area contributed by atoms with E-state index in [4.69, 9.17) is 0 Å². The van der Waals surface area contributed by atoms with Gasteiger partial charge in [0.25, 0.3) is 0 Å². The highest BCUT2D eigenvalue weighted by molar-refractivity contribution is 5.76. The van der Waals surface area contributed by atoms with Gasteiger partial charge in [0.05, 0.1) is 6.10 Å². The second-order valence-corrected chi connectivity index (χ2v) is 6.41. The summed E-state index contributed by atoms with van der Waals surface area (Å²) in [4.78, 5) is 11.9. The number of carbonyl (C=O) groups is 1. The van der Waals surface area contributed by atoms with E-state index in [0.29, 0.717) is 13.0 Å². The number of rotatable bonds is 5. The molecule has 0 aromatic heterocycles. The zero-order chi connectivity index (χ0) is 15.2. The molecule has 2 N–H and O–H groups in total. The highest BCUT2D eigenvalue weighted by Crippen LogP contribution is 2.23. The van der Waals surface area contributed by atoms with Crippen LogP contribution in [0.1, 0.15) is 48.8 Å². The highest BCUT2D eigenvalue weighted by atomic mass is 16.3. The molecule has 1 saturated carbocycles. The Morgan fingerprint density at radius 2 is 1.86 bits per heavy atom. The Morgan fingerprint density at radius 1 is 1.19 bits per heavy atom. The molecule has 3 nitrogen and oxygen atoms in total. The van der Waals surface area contributed by atoms with E-state index in [-0.39, 0.29) is 17.9 Å². The molecule has 2 atom stereocenters. The molecule has 1 aromatic carbocycles. The summed E-state index contributed by atoms with van der Waals surface area (Å²) in [6, 6.07) is 6.43. The molecular formula is C18H27NO2. The Morgan fingerprint density at radius 3 is 2.52 bits per heavy atom. The first kappa shape index (κ1) is 16.0. The molecule has 0 heterocycles. The molecule has 1 aliphatic rings. The number of aliphatic hydroxyl groups excluding tert-OH is 1. The maximum Gasteiger partial charge on any atom is 0.220 e. The lowest BCUT2D eigenvalue weighted by Crippen LogP contribution is -2.36. The Hall–Kier alpha value is -1.35. The molecule has 0 bridgehead atoms. The molecule has 3 heteroatoms. The van der Waals surface area contributed by atoms with Crippen LogP contribution >= 0.6 is 0 Å². The lowest BCUT2D eigenvalue weighted by molar-refractivity contribution is -0.121. The number of amides is 1. The zero-order valence-corrected chi connectivity index (χ0v) is 13.2. The first-order valence-corrected chi connectivity index (χ1v) is 8.06. The van der Waals surface area contributed by atoms with Crippen molar-refractivity contribution >= 4 is 5.91 Å². The van der Waals surface area contributed by atoms with Gasteiger partial charge in [0.2, 0.25) is 5.91 Å². The van der Waals surface area contributed by atoms with Crippen molar-refractivity contribution in [2.45, 2.75) is 58.5 Å². The van der Waals surface area contributed by atoms with Gasteiger partial charge in [-0.3, -0.25) is 4.79 Å². The first-order valence-electron chi connectivity index (χ1n) is 8.06. The van der Waals surface area contributed by atoms with Crippen molar-refractivity contribution in [2.24, 2.45) is 5.92 Å². The Labute approximate surface area is 127 Å². The molecule has 1 amide bonds. The van der Waals surface area contributed by atoms with Crippen LogP contribution in [0.25, 0.3) is 0 Å². The molecule has 0 aliphatic heterocycles. The molecule has 0 saturated heterocycles. The summed E-state index contributed by atoms with van der Waals surface area (Å²) in [7, 11) is 0. The molecule has 1 aliphatic carbocycles. The van der Waals surface area contributed by atoms with E-state index in [1.165, 1.54) is 23.1 Å². The second kappa shape index (κ2) is 7.60. The van der Waals surface area contributed by atoms with E-state index in [9.17, 15) is 9.90 Å². The third-order valence-corrected chi connectivity index (χ3v) is 4.35. The van der Waals surface area contributed by atoms with E-state index >= 15 is 0 Å². The van der Waals surface area contributed by atoms with E-state index in [1.807, 2.05) is 0 Å². The van der Waals surface area contributed by atoms with Gasteiger partial charge in [-0.25, -0.2) is 0 Å². The third-order valence-electron chi connectivity index (χ3n) is 4.35. The summed E-state index contributed by atoms with van der Waals surface area (Å²) in [5, 5.41) is 12.9. The normalized spacial score (nSPS) is 22.0. The zero-order valence-electron chi connectivity index (χ0n) is 13.2. The third kappa shape index (κ3) is 5.16. The highest BCUT2D eigenvalue weighted by Gasteiger charge is 2.23. The number of benzene rings is 1. The van der Waals surface area contributed by atoms with Crippen molar-refractivity contribution in [3.8, 4) is 0 Å². The topological polar surface area (TPSA) is 49.3 Å². The van der Waals surface area contributed by atoms with Crippen LogP contribution in [0.2, 0.25) is 0 Å². The lowest BCUT2D eigenvalue weighted by atomic mass is 9.86. The van der Waals surface area contributed by atoms with Gasteiger partial charge in [0, 0.05) is 18.9 Å². The second-order valence-electron chi connectivity index (χ2n) is 6.41. The van der Waals surface area contributed by atoms with Crippen molar-refractivity contribution < 1.29 is 9.90 Å². The number of carbonyl (C=O) groups excluding carboxylic acids is 1. The van der Waals surface area contributed by atoms with Crippen LogP contribution in [0.4, 0.5) is 0 Å². The van der Waals surface area contributed by atoms with Crippen molar-refractivity contribution in [2.75, 3.05) is 6.54 Å². The molecule has 2 unspecified atom stereocenters. The number of aliphatic hydroxyl groups is 1. The fraction of sp³-hybridized carbons (Fsp3) is 0.611. The quantitative estimate of drug-likeness (QED) is 0.875. The van der Waals surface area contributed by atoms with Gasteiger partial charge in [-0.1, -0.05) is 42.2 Å². The molecule has 0 spiro atoms. The predicted molar refractivity (Wildman–Crippen MR) is 85.2 cm³/mol. The summed E-state index contributed by atoms with van der Waals surface area (Å²) in [5.74, 6) is 0.329. The van der Waals surface area contributed by atoms with Crippen molar-refractivity contribution in [1.82, 2.24) is 5.32 Å². The Balaban J connectivity index is 1.74. The van der Waals surface area contributed by atoms with Crippen LogP contribution in [0, 0.1) is 19.8 Å². The molecule has 116 valence electrons. The van der Waals surface area contributed by atoms with Gasteiger partial charge in [0.1, 0.15) is 0 Å². The Kier molecular flexibility index (Phi) is 5.80. The number of nitrogens with one attached hydrogen (secondary N) is 1. The largest absolute Gasteiger partial charge is 0.393 e. The summed E-state index contributed by atoms with van der Waals surface area (Å²) in [5.41, 5.74) is 3.71. The molecule has 2 rings (SSSR count). The van der Waals surface area contributed by atoms with Gasteiger partial charge in [-0.05, 0) is 38.7 Å². The molecule has 1 aromatic rings. The summed E-state index contributed by atoms with van der Waals surface area (Å²) < 4.78 is 0. The minimum Gasteiger partial charge on any atom is -0.393 e. The Bertz CT molecular complexity index is 464.